The highest BCUT2D eigenvalue weighted by Gasteiger charge is 2.15. The van der Waals surface area contributed by atoms with E-state index >= 15 is 0 Å². The zero-order valence-electron chi connectivity index (χ0n) is 8.39. The van der Waals surface area contributed by atoms with E-state index in [2.05, 4.69) is 16.0 Å². The van der Waals surface area contributed by atoms with Crippen molar-refractivity contribution in [1.29, 1.82) is 0 Å². The molecule has 1 amide bonds. The Hall–Kier alpha value is -0.610. The smallest absolute Gasteiger partial charge is 0.221 e. The molecule has 0 atom stereocenters. The molecule has 0 aromatic carbocycles. The SMILES string of the molecule is CC(C)NC(=O)CCNC1CNC1. The molecule has 1 rings (SSSR count). The van der Waals surface area contributed by atoms with E-state index in [1.165, 1.54) is 0 Å². The molecule has 1 aliphatic rings. The van der Waals surface area contributed by atoms with Crippen molar-refractivity contribution >= 4 is 5.91 Å². The summed E-state index contributed by atoms with van der Waals surface area (Å²) in [5.74, 6) is 0.134. The predicted molar refractivity (Wildman–Crippen MR) is 52.6 cm³/mol. The molecule has 1 fully saturated rings. The summed E-state index contributed by atoms with van der Waals surface area (Å²) in [5, 5.41) is 9.33. The first-order valence-electron chi connectivity index (χ1n) is 4.92. The number of hydrogen-bond acceptors (Lipinski definition) is 3. The van der Waals surface area contributed by atoms with Crippen molar-refractivity contribution in [3.63, 3.8) is 0 Å². The fourth-order valence-electron chi connectivity index (χ4n) is 1.22. The zero-order chi connectivity index (χ0) is 9.68. The molecular weight excluding hydrogens is 166 g/mol. The predicted octanol–water partition coefficient (Wildman–Crippen LogP) is -0.537. The zero-order valence-corrected chi connectivity index (χ0v) is 8.39. The maximum absolute atomic E-state index is 11.2. The highest BCUT2D eigenvalue weighted by Crippen LogP contribution is 1.90. The first-order chi connectivity index (χ1) is 6.18. The van der Waals surface area contributed by atoms with E-state index in [0.29, 0.717) is 12.5 Å². The first-order valence-corrected chi connectivity index (χ1v) is 4.92. The Kier molecular flexibility index (Phi) is 4.18. The molecule has 0 saturated carbocycles. The lowest BCUT2D eigenvalue weighted by molar-refractivity contribution is -0.121. The maximum Gasteiger partial charge on any atom is 0.221 e. The van der Waals surface area contributed by atoms with Gasteiger partial charge in [0.05, 0.1) is 0 Å². The normalized spacial score (nSPS) is 17.2. The summed E-state index contributed by atoms with van der Waals surface area (Å²) in [6, 6.07) is 0.824. The Bertz CT molecular complexity index is 166. The fraction of sp³-hybridized carbons (Fsp3) is 0.889. The summed E-state index contributed by atoms with van der Waals surface area (Å²) in [5.41, 5.74) is 0. The van der Waals surface area contributed by atoms with Crippen LogP contribution in [0.4, 0.5) is 0 Å². The van der Waals surface area contributed by atoms with Crippen LogP contribution in [0.2, 0.25) is 0 Å². The molecule has 3 N–H and O–H groups in total. The molecule has 13 heavy (non-hydrogen) atoms. The standard InChI is InChI=1S/C9H19N3O/c1-7(2)12-9(13)3-4-11-8-5-10-6-8/h7-8,10-11H,3-6H2,1-2H3,(H,12,13). The number of carbonyl (C=O) groups is 1. The molecule has 0 bridgehead atoms. The van der Waals surface area contributed by atoms with Crippen molar-refractivity contribution in [2.75, 3.05) is 19.6 Å². The van der Waals surface area contributed by atoms with E-state index in [9.17, 15) is 4.79 Å². The second kappa shape index (κ2) is 5.19. The van der Waals surface area contributed by atoms with Gasteiger partial charge in [0, 0.05) is 38.1 Å². The van der Waals surface area contributed by atoms with Crippen LogP contribution in [0.5, 0.6) is 0 Å². The average Bonchev–Trinajstić information content (AvgIpc) is 1.92. The number of nitrogens with one attached hydrogen (secondary N) is 3. The molecule has 1 saturated heterocycles. The topological polar surface area (TPSA) is 53.2 Å². The molecule has 0 aromatic heterocycles. The number of amides is 1. The van der Waals surface area contributed by atoms with Gasteiger partial charge in [0.2, 0.25) is 5.91 Å². The van der Waals surface area contributed by atoms with Crippen LogP contribution in [-0.4, -0.2) is 37.6 Å². The molecule has 0 aliphatic carbocycles. The van der Waals surface area contributed by atoms with Crippen molar-refractivity contribution in [3.05, 3.63) is 0 Å². The molecule has 1 heterocycles. The molecular formula is C9H19N3O. The Balaban J connectivity index is 1.94. The Morgan fingerprint density at radius 2 is 2.23 bits per heavy atom. The fourth-order valence-corrected chi connectivity index (χ4v) is 1.22. The van der Waals surface area contributed by atoms with E-state index in [1.54, 1.807) is 0 Å². The number of carbonyl (C=O) groups excluding carboxylic acids is 1. The summed E-state index contributed by atoms with van der Waals surface area (Å²) < 4.78 is 0. The van der Waals surface area contributed by atoms with Crippen molar-refractivity contribution in [2.24, 2.45) is 0 Å². The Morgan fingerprint density at radius 1 is 1.54 bits per heavy atom. The van der Waals surface area contributed by atoms with Crippen LogP contribution in [0.1, 0.15) is 20.3 Å². The van der Waals surface area contributed by atoms with Crippen LogP contribution in [0.25, 0.3) is 0 Å². The van der Waals surface area contributed by atoms with E-state index < -0.39 is 0 Å². The van der Waals surface area contributed by atoms with E-state index in [1.807, 2.05) is 13.8 Å². The maximum atomic E-state index is 11.2. The lowest BCUT2D eigenvalue weighted by Gasteiger charge is -2.28. The molecule has 0 radical (unpaired) electrons. The Labute approximate surface area is 79.5 Å². The molecule has 76 valence electrons. The van der Waals surface area contributed by atoms with Crippen LogP contribution in [0.3, 0.4) is 0 Å². The molecule has 1 aliphatic heterocycles. The second-order valence-corrected chi connectivity index (χ2v) is 3.78. The first kappa shape index (κ1) is 10.5. The van der Waals surface area contributed by atoms with Crippen LogP contribution >= 0.6 is 0 Å². The van der Waals surface area contributed by atoms with Crippen LogP contribution in [-0.2, 0) is 4.79 Å². The van der Waals surface area contributed by atoms with Gasteiger partial charge in [-0.25, -0.2) is 0 Å². The number of rotatable bonds is 5. The average molecular weight is 185 g/mol. The minimum Gasteiger partial charge on any atom is -0.354 e. The van der Waals surface area contributed by atoms with Crippen LogP contribution < -0.4 is 16.0 Å². The molecule has 0 spiro atoms. The van der Waals surface area contributed by atoms with Gasteiger partial charge in [-0.2, -0.15) is 0 Å². The minimum atomic E-state index is 0.134. The van der Waals surface area contributed by atoms with Gasteiger partial charge < -0.3 is 16.0 Å². The van der Waals surface area contributed by atoms with E-state index in [0.717, 1.165) is 19.6 Å². The van der Waals surface area contributed by atoms with Gasteiger partial charge in [-0.1, -0.05) is 0 Å². The lowest BCUT2D eigenvalue weighted by atomic mass is 10.2. The molecule has 4 nitrogen and oxygen atoms in total. The Morgan fingerprint density at radius 3 is 2.69 bits per heavy atom. The molecule has 4 heteroatoms. The minimum absolute atomic E-state index is 0.134. The van der Waals surface area contributed by atoms with Crippen molar-refractivity contribution in [2.45, 2.75) is 32.4 Å². The highest BCUT2D eigenvalue weighted by atomic mass is 16.1. The summed E-state index contributed by atoms with van der Waals surface area (Å²) in [4.78, 5) is 11.2. The summed E-state index contributed by atoms with van der Waals surface area (Å²) in [6.45, 7) is 6.80. The van der Waals surface area contributed by atoms with Gasteiger partial charge in [0.1, 0.15) is 0 Å². The largest absolute Gasteiger partial charge is 0.354 e. The van der Waals surface area contributed by atoms with E-state index in [-0.39, 0.29) is 11.9 Å². The monoisotopic (exact) mass is 185 g/mol. The third-order valence-corrected chi connectivity index (χ3v) is 2.02. The van der Waals surface area contributed by atoms with Gasteiger partial charge in [-0.15, -0.1) is 0 Å². The van der Waals surface area contributed by atoms with Gasteiger partial charge in [-0.3, -0.25) is 4.79 Å². The third-order valence-electron chi connectivity index (χ3n) is 2.02. The number of hydrogen-bond donors (Lipinski definition) is 3. The highest BCUT2D eigenvalue weighted by molar-refractivity contribution is 5.76. The van der Waals surface area contributed by atoms with Crippen LogP contribution in [0, 0.1) is 0 Å². The van der Waals surface area contributed by atoms with E-state index in [4.69, 9.17) is 0 Å². The third kappa shape index (κ3) is 4.24. The lowest BCUT2D eigenvalue weighted by Crippen LogP contribution is -2.55. The quantitative estimate of drug-likeness (QED) is 0.539. The van der Waals surface area contributed by atoms with Crippen LogP contribution in [0.15, 0.2) is 0 Å². The van der Waals surface area contributed by atoms with Crippen molar-refractivity contribution in [3.8, 4) is 0 Å². The summed E-state index contributed by atoms with van der Waals surface area (Å²) in [7, 11) is 0. The van der Waals surface area contributed by atoms with Gasteiger partial charge >= 0.3 is 0 Å². The summed E-state index contributed by atoms with van der Waals surface area (Å²) >= 11 is 0. The van der Waals surface area contributed by atoms with Gasteiger partial charge in [-0.05, 0) is 13.8 Å². The summed E-state index contributed by atoms with van der Waals surface area (Å²) in [6.07, 6.45) is 0.578. The second-order valence-electron chi connectivity index (χ2n) is 3.78. The van der Waals surface area contributed by atoms with Gasteiger partial charge in [0.25, 0.3) is 0 Å². The van der Waals surface area contributed by atoms with Crippen molar-refractivity contribution < 1.29 is 4.79 Å². The van der Waals surface area contributed by atoms with Gasteiger partial charge in [0.15, 0.2) is 0 Å². The van der Waals surface area contributed by atoms with Crippen molar-refractivity contribution in [1.82, 2.24) is 16.0 Å². The molecule has 0 aromatic rings. The molecule has 0 unspecified atom stereocenters.